The Morgan fingerprint density at radius 1 is 0.797 bits per heavy atom. The second-order valence-corrected chi connectivity index (χ2v) is 15.1. The van der Waals surface area contributed by atoms with E-state index in [1.165, 1.54) is 55.8 Å². The number of carbonyl (C=O) groups is 2. The number of nitrogens with one attached hydrogen (secondary N) is 1. The van der Waals surface area contributed by atoms with Gasteiger partial charge in [-0.3, -0.25) is 33.5 Å². The first kappa shape index (κ1) is 41.2. The van der Waals surface area contributed by atoms with Crippen LogP contribution in [0.15, 0.2) is 149 Å². The quantitative estimate of drug-likeness (QED) is 0.156. The van der Waals surface area contributed by atoms with Gasteiger partial charge in [-0.15, -0.1) is 0 Å². The van der Waals surface area contributed by atoms with Crippen molar-refractivity contribution in [3.8, 4) is 28.7 Å². The number of pyridine rings is 2. The van der Waals surface area contributed by atoms with Crippen molar-refractivity contribution in [2.75, 3.05) is 50.1 Å². The molecule has 3 aliphatic heterocycles. The Kier molecular flexibility index (Phi) is 11.4. The highest BCUT2D eigenvalue weighted by Crippen LogP contribution is 2.40. The summed E-state index contributed by atoms with van der Waals surface area (Å²) in [6.07, 6.45) is 10.0. The van der Waals surface area contributed by atoms with E-state index in [0.29, 0.717) is 23.1 Å². The summed E-state index contributed by atoms with van der Waals surface area (Å²) in [6.45, 7) is 0.261. The van der Waals surface area contributed by atoms with E-state index in [9.17, 15) is 28.7 Å². The number of para-hydroxylation sites is 2. The SMILES string of the molecule is O=C1c2c(Oc3cccc([C@@H]4c5cccc(F)c5OC/C=C\CN5CN4n4ccc(=O)c(O)c4C5=O)c3)c(=O)ccn2NCN1C/C=C\COc1c(F)cccc1Cc1ccccc1. The second kappa shape index (κ2) is 17.7. The Hall–Kier alpha value is -8.14. The normalized spacial score (nSPS) is 16.2. The van der Waals surface area contributed by atoms with Gasteiger partial charge in [0.2, 0.25) is 16.6 Å². The van der Waals surface area contributed by atoms with E-state index in [4.69, 9.17) is 14.2 Å². The highest BCUT2D eigenvalue weighted by atomic mass is 19.1. The summed E-state index contributed by atoms with van der Waals surface area (Å²) in [5.74, 6) is -2.98. The van der Waals surface area contributed by atoms with Crippen LogP contribution in [-0.2, 0) is 6.42 Å². The van der Waals surface area contributed by atoms with E-state index in [1.54, 1.807) is 65.7 Å². The maximum absolute atomic E-state index is 15.7. The van der Waals surface area contributed by atoms with Gasteiger partial charge < -0.3 is 34.5 Å². The van der Waals surface area contributed by atoms with Crippen molar-refractivity contribution in [1.29, 1.82) is 0 Å². The van der Waals surface area contributed by atoms with Crippen LogP contribution in [0.4, 0.5) is 8.78 Å². The maximum Gasteiger partial charge on any atom is 0.278 e. The summed E-state index contributed by atoms with van der Waals surface area (Å²) < 4.78 is 51.5. The Bertz CT molecular complexity index is 2950. The number of benzene rings is 4. The first-order valence-corrected chi connectivity index (χ1v) is 20.4. The summed E-state index contributed by atoms with van der Waals surface area (Å²) in [6, 6.07) is 27.0. The third kappa shape index (κ3) is 8.03. The summed E-state index contributed by atoms with van der Waals surface area (Å²) in [7, 11) is 0. The van der Waals surface area contributed by atoms with E-state index in [2.05, 4.69) is 5.43 Å². The molecule has 9 rings (SSSR count). The number of rotatable bonds is 10. The van der Waals surface area contributed by atoms with Gasteiger partial charge in [0.1, 0.15) is 38.3 Å². The van der Waals surface area contributed by atoms with Gasteiger partial charge in [-0.05, 0) is 47.5 Å². The number of aromatic hydroxyl groups is 1. The van der Waals surface area contributed by atoms with E-state index in [1.807, 2.05) is 36.4 Å². The summed E-state index contributed by atoms with van der Waals surface area (Å²) in [4.78, 5) is 56.9. The van der Waals surface area contributed by atoms with Crippen molar-refractivity contribution in [1.82, 2.24) is 19.2 Å². The molecule has 6 aromatic rings. The molecule has 0 saturated heterocycles. The Morgan fingerprint density at radius 2 is 1.59 bits per heavy atom. The molecule has 1 atom stereocenters. The van der Waals surface area contributed by atoms with Crippen LogP contribution >= 0.6 is 0 Å². The fourth-order valence-electron chi connectivity index (χ4n) is 7.96. The molecule has 3 aliphatic rings. The monoisotopic (exact) mass is 866 g/mol. The van der Waals surface area contributed by atoms with Crippen LogP contribution in [0, 0.1) is 11.6 Å². The van der Waals surface area contributed by atoms with E-state index >= 15 is 4.39 Å². The lowest BCUT2D eigenvalue weighted by Crippen LogP contribution is -2.55. The van der Waals surface area contributed by atoms with Crippen LogP contribution in [0.3, 0.4) is 0 Å². The minimum atomic E-state index is -0.947. The molecule has 2 N–H and O–H groups in total. The highest BCUT2D eigenvalue weighted by Gasteiger charge is 2.38. The molecule has 0 unspecified atom stereocenters. The molecule has 2 bridgehead atoms. The first-order valence-electron chi connectivity index (χ1n) is 20.4. The minimum absolute atomic E-state index is 0.0166. The smallest absolute Gasteiger partial charge is 0.278 e. The average Bonchev–Trinajstić information content (AvgIpc) is 3.32. The van der Waals surface area contributed by atoms with Gasteiger partial charge in [0.25, 0.3) is 11.8 Å². The highest BCUT2D eigenvalue weighted by molar-refractivity contribution is 5.97. The lowest BCUT2D eigenvalue weighted by Gasteiger charge is -2.43. The van der Waals surface area contributed by atoms with Gasteiger partial charge >= 0.3 is 0 Å². The summed E-state index contributed by atoms with van der Waals surface area (Å²) in [5, 5.41) is 12.6. The number of nitrogens with zero attached hydrogens (tertiary/aromatic N) is 5. The molecule has 0 fully saturated rings. The van der Waals surface area contributed by atoms with E-state index in [0.717, 1.165) is 11.6 Å². The predicted octanol–water partition coefficient (Wildman–Crippen LogP) is 6.06. The van der Waals surface area contributed by atoms with Crippen LogP contribution in [0.25, 0.3) is 0 Å². The largest absolute Gasteiger partial charge is 0.502 e. The number of halogens is 2. The molecule has 0 aliphatic carbocycles. The van der Waals surface area contributed by atoms with Gasteiger partial charge in [0, 0.05) is 55.2 Å². The van der Waals surface area contributed by atoms with Crippen LogP contribution in [-0.4, -0.2) is 75.7 Å². The number of aromatic nitrogens is 2. The Balaban J connectivity index is 0.993. The zero-order chi connectivity index (χ0) is 44.3. The lowest BCUT2D eigenvalue weighted by molar-refractivity contribution is 0.0700. The van der Waals surface area contributed by atoms with Crippen molar-refractivity contribution >= 4 is 11.8 Å². The molecule has 2 aromatic heterocycles. The third-order valence-electron chi connectivity index (χ3n) is 11.0. The number of hydrogen-bond donors (Lipinski definition) is 2. The van der Waals surface area contributed by atoms with Crippen LogP contribution in [0.1, 0.15) is 49.3 Å². The van der Waals surface area contributed by atoms with E-state index < -0.39 is 46.1 Å². The van der Waals surface area contributed by atoms with Crippen molar-refractivity contribution < 1.29 is 37.7 Å². The lowest BCUT2D eigenvalue weighted by atomic mass is 9.96. The predicted molar refractivity (Wildman–Crippen MR) is 232 cm³/mol. The van der Waals surface area contributed by atoms with Crippen molar-refractivity contribution in [2.24, 2.45) is 0 Å². The van der Waals surface area contributed by atoms with Crippen LogP contribution < -0.4 is 35.5 Å². The molecule has 14 nitrogen and oxygen atoms in total. The average molecular weight is 867 g/mol. The number of carbonyl (C=O) groups excluding carboxylic acids is 2. The molecule has 0 spiro atoms. The molecule has 4 aromatic carbocycles. The fraction of sp³-hybridized carbons (Fsp3) is 0.167. The van der Waals surface area contributed by atoms with Gasteiger partial charge in [0.05, 0.1) is 0 Å². The Labute approximate surface area is 364 Å². The molecule has 324 valence electrons. The number of ether oxygens (including phenoxy) is 3. The molecule has 16 heteroatoms. The molecule has 0 radical (unpaired) electrons. The zero-order valence-electron chi connectivity index (χ0n) is 34.1. The van der Waals surface area contributed by atoms with Gasteiger partial charge in [0.15, 0.2) is 40.3 Å². The topological polar surface area (TPSA) is 148 Å². The molecule has 5 heterocycles. The minimum Gasteiger partial charge on any atom is -0.502 e. The zero-order valence-corrected chi connectivity index (χ0v) is 34.1. The molecular formula is C48H40F2N6O8. The second-order valence-electron chi connectivity index (χ2n) is 15.1. The maximum atomic E-state index is 15.7. The van der Waals surface area contributed by atoms with Gasteiger partial charge in [-0.25, -0.2) is 8.78 Å². The molecule has 2 amide bonds. The Morgan fingerprint density at radius 3 is 2.45 bits per heavy atom. The van der Waals surface area contributed by atoms with Gasteiger partial charge in [-0.1, -0.05) is 78.9 Å². The fourth-order valence-corrected chi connectivity index (χ4v) is 7.96. The summed E-state index contributed by atoms with van der Waals surface area (Å²) in [5.41, 5.74) is 3.98. The summed E-state index contributed by atoms with van der Waals surface area (Å²) >= 11 is 0. The van der Waals surface area contributed by atoms with Crippen molar-refractivity contribution in [3.63, 3.8) is 0 Å². The number of hydrogen-bond acceptors (Lipinski definition) is 10. The third-order valence-corrected chi connectivity index (χ3v) is 11.0. The molecule has 64 heavy (non-hydrogen) atoms. The van der Waals surface area contributed by atoms with E-state index in [-0.39, 0.29) is 74.0 Å². The number of amides is 2. The van der Waals surface area contributed by atoms with Crippen LogP contribution in [0.2, 0.25) is 0 Å². The van der Waals surface area contributed by atoms with Crippen molar-refractivity contribution in [2.45, 2.75) is 12.5 Å². The van der Waals surface area contributed by atoms with Gasteiger partial charge in [-0.2, -0.15) is 0 Å². The first-order chi connectivity index (χ1) is 31.2. The molecular weight excluding hydrogens is 827 g/mol. The van der Waals surface area contributed by atoms with Crippen molar-refractivity contribution in [3.05, 3.63) is 206 Å². The van der Waals surface area contributed by atoms with Crippen LogP contribution in [0.5, 0.6) is 28.7 Å². The molecule has 0 saturated carbocycles. The number of fused-ring (bicyclic) bond motifs is 6. The standard InChI is InChI=1S/C48H40F2N6O8/c49-36-17-9-14-33(27-31-11-2-1-3-12-31)44(36)62-25-6-4-21-52-29-51-54-23-19-39(58)46(42(54)48(52)61)64-34-15-8-13-32(28-34)40-35-16-10-18-37(50)45(35)63-26-7-5-22-53-30-56(40)55-24-20-38(57)43(59)41(55)47(53)60/h1-20,23-24,28,40,51,59H,21-22,25-27,29-30H2/b6-4-,7-5-/t40-/m1/s1.